The third-order valence-electron chi connectivity index (χ3n) is 2.79. The van der Waals surface area contributed by atoms with E-state index in [4.69, 9.17) is 4.74 Å². The number of esters is 1. The van der Waals surface area contributed by atoms with Crippen molar-refractivity contribution in [3.8, 4) is 28.7 Å². The van der Waals surface area contributed by atoms with Crippen molar-refractivity contribution in [2.75, 3.05) is 0 Å². The van der Waals surface area contributed by atoms with Crippen LogP contribution in [0.15, 0.2) is 30.3 Å². The summed E-state index contributed by atoms with van der Waals surface area (Å²) >= 11 is 0. The number of aromatic hydroxyl groups is 5. The van der Waals surface area contributed by atoms with E-state index in [1.165, 1.54) is 0 Å². The highest BCUT2D eigenvalue weighted by Gasteiger charge is 2.28. The predicted molar refractivity (Wildman–Crippen MR) is 70.3 cm³/mol. The third-order valence-corrected chi connectivity index (χ3v) is 2.79. The summed E-state index contributed by atoms with van der Waals surface area (Å²) in [6.45, 7) is -0.138. The molecule has 0 atom stereocenters. The fraction of sp³-hybridized carbons (Fsp3) is 0.0714. The van der Waals surface area contributed by atoms with Crippen LogP contribution in [0, 0.1) is 0 Å². The lowest BCUT2D eigenvalue weighted by molar-refractivity contribution is 0.0464. The molecule has 0 aliphatic carbocycles. The molecule has 0 aromatic heterocycles. The van der Waals surface area contributed by atoms with E-state index in [1.807, 2.05) is 0 Å². The monoisotopic (exact) mass is 292 g/mol. The minimum Gasteiger partial charge on any atom is -0.503 e. The van der Waals surface area contributed by atoms with Crippen molar-refractivity contribution in [3.05, 3.63) is 41.5 Å². The van der Waals surface area contributed by atoms with Gasteiger partial charge < -0.3 is 30.3 Å². The van der Waals surface area contributed by atoms with Gasteiger partial charge in [-0.2, -0.15) is 0 Å². The molecule has 0 amide bonds. The molecular weight excluding hydrogens is 280 g/mol. The number of carbonyl (C=O) groups is 1. The Balaban J connectivity index is 2.28. The second kappa shape index (κ2) is 5.49. The van der Waals surface area contributed by atoms with Crippen LogP contribution in [0.2, 0.25) is 0 Å². The quantitative estimate of drug-likeness (QED) is 0.330. The number of phenols is 5. The maximum absolute atomic E-state index is 11.8. The molecule has 0 aliphatic heterocycles. The lowest BCUT2D eigenvalue weighted by Crippen LogP contribution is -2.06. The van der Waals surface area contributed by atoms with E-state index in [-0.39, 0.29) is 6.61 Å². The molecule has 2 rings (SSSR count). The molecule has 0 unspecified atom stereocenters. The van der Waals surface area contributed by atoms with Crippen molar-refractivity contribution in [3.63, 3.8) is 0 Å². The smallest absolute Gasteiger partial charge is 0.346 e. The maximum atomic E-state index is 11.8. The Labute approximate surface area is 118 Å². The first-order valence-electron chi connectivity index (χ1n) is 5.83. The van der Waals surface area contributed by atoms with Gasteiger partial charge in [0.05, 0.1) is 0 Å². The van der Waals surface area contributed by atoms with E-state index in [9.17, 15) is 30.3 Å². The minimum atomic E-state index is -1.17. The molecule has 7 heteroatoms. The number of rotatable bonds is 3. The highest BCUT2D eigenvalue weighted by Crippen LogP contribution is 2.50. The van der Waals surface area contributed by atoms with Crippen LogP contribution in [0.3, 0.4) is 0 Å². The van der Waals surface area contributed by atoms with Crippen LogP contribution in [0.5, 0.6) is 28.7 Å². The van der Waals surface area contributed by atoms with E-state index in [1.54, 1.807) is 30.3 Å². The minimum absolute atomic E-state index is 0.138. The predicted octanol–water partition coefficient (Wildman–Crippen LogP) is 1.57. The molecule has 0 heterocycles. The third kappa shape index (κ3) is 2.62. The summed E-state index contributed by atoms with van der Waals surface area (Å²) in [5, 5.41) is 47.0. The molecular formula is C14H12O7. The molecule has 0 radical (unpaired) electrons. The number of ether oxygens (including phenoxy) is 1. The van der Waals surface area contributed by atoms with Crippen LogP contribution in [0.1, 0.15) is 15.9 Å². The Morgan fingerprint density at radius 1 is 0.810 bits per heavy atom. The van der Waals surface area contributed by atoms with Gasteiger partial charge >= 0.3 is 5.97 Å². The van der Waals surface area contributed by atoms with Crippen LogP contribution in [0.25, 0.3) is 0 Å². The molecule has 0 saturated carbocycles. The normalized spacial score (nSPS) is 10.3. The molecule has 110 valence electrons. The van der Waals surface area contributed by atoms with Crippen molar-refractivity contribution in [2.24, 2.45) is 0 Å². The van der Waals surface area contributed by atoms with Crippen molar-refractivity contribution in [1.82, 2.24) is 0 Å². The summed E-state index contributed by atoms with van der Waals surface area (Å²) in [5.74, 6) is -6.72. The van der Waals surface area contributed by atoms with Gasteiger partial charge in [0, 0.05) is 0 Å². The molecule has 0 spiro atoms. The summed E-state index contributed by atoms with van der Waals surface area (Å²) in [6.07, 6.45) is 0. The Morgan fingerprint density at radius 2 is 1.29 bits per heavy atom. The maximum Gasteiger partial charge on any atom is 0.346 e. The topological polar surface area (TPSA) is 127 Å². The molecule has 7 nitrogen and oxygen atoms in total. The van der Waals surface area contributed by atoms with Gasteiger partial charge in [-0.15, -0.1) is 0 Å². The molecule has 0 bridgehead atoms. The highest BCUT2D eigenvalue weighted by molar-refractivity contribution is 5.98. The largest absolute Gasteiger partial charge is 0.503 e. The number of carbonyl (C=O) groups excluding carboxylic acids is 1. The van der Waals surface area contributed by atoms with Gasteiger partial charge in [0.1, 0.15) is 6.61 Å². The molecule has 2 aromatic carbocycles. The van der Waals surface area contributed by atoms with E-state index < -0.39 is 40.3 Å². The van der Waals surface area contributed by atoms with Gasteiger partial charge in [0.15, 0.2) is 17.1 Å². The number of hydrogen-bond donors (Lipinski definition) is 5. The lowest BCUT2D eigenvalue weighted by Gasteiger charge is -2.11. The first kappa shape index (κ1) is 14.3. The van der Waals surface area contributed by atoms with Gasteiger partial charge in [-0.05, 0) is 5.56 Å². The van der Waals surface area contributed by atoms with E-state index >= 15 is 0 Å². The van der Waals surface area contributed by atoms with Crippen molar-refractivity contribution >= 4 is 5.97 Å². The number of hydrogen-bond acceptors (Lipinski definition) is 7. The average molecular weight is 292 g/mol. The van der Waals surface area contributed by atoms with E-state index in [0.29, 0.717) is 5.56 Å². The van der Waals surface area contributed by atoms with Crippen molar-refractivity contribution in [1.29, 1.82) is 0 Å². The molecule has 0 saturated heterocycles. The summed E-state index contributed by atoms with van der Waals surface area (Å²) < 4.78 is 4.86. The SMILES string of the molecule is O=C(OCc1ccccc1)c1c(O)c(O)c(O)c(O)c1O. The standard InChI is InChI=1S/C14H12O7/c15-9-8(10(16)12(18)13(19)11(9)17)14(20)21-6-7-4-2-1-3-5-7/h1-5,15-19H,6H2. The van der Waals surface area contributed by atoms with Crippen molar-refractivity contribution < 1.29 is 35.1 Å². The molecule has 0 fully saturated rings. The second-order valence-corrected chi connectivity index (χ2v) is 4.18. The zero-order valence-electron chi connectivity index (χ0n) is 10.6. The zero-order valence-corrected chi connectivity index (χ0v) is 10.6. The first-order valence-corrected chi connectivity index (χ1v) is 5.83. The van der Waals surface area contributed by atoms with Crippen LogP contribution in [0.4, 0.5) is 0 Å². The number of benzene rings is 2. The molecule has 5 N–H and O–H groups in total. The Bertz CT molecular complexity index is 650. The summed E-state index contributed by atoms with van der Waals surface area (Å²) in [6, 6.07) is 8.63. The van der Waals surface area contributed by atoms with Crippen LogP contribution < -0.4 is 0 Å². The Kier molecular flexibility index (Phi) is 3.75. The summed E-state index contributed by atoms with van der Waals surface area (Å²) in [4.78, 5) is 11.8. The van der Waals surface area contributed by atoms with Crippen LogP contribution >= 0.6 is 0 Å². The Morgan fingerprint density at radius 3 is 1.81 bits per heavy atom. The van der Waals surface area contributed by atoms with Crippen molar-refractivity contribution in [2.45, 2.75) is 6.61 Å². The molecule has 2 aromatic rings. The zero-order chi connectivity index (χ0) is 15.6. The average Bonchev–Trinajstić information content (AvgIpc) is 2.50. The molecule has 21 heavy (non-hydrogen) atoms. The Hall–Kier alpha value is -3.09. The second-order valence-electron chi connectivity index (χ2n) is 4.18. The van der Waals surface area contributed by atoms with Gasteiger partial charge in [-0.1, -0.05) is 30.3 Å². The summed E-state index contributed by atoms with van der Waals surface area (Å²) in [5.41, 5.74) is -0.171. The molecule has 0 aliphatic rings. The van der Waals surface area contributed by atoms with Gasteiger partial charge in [0.2, 0.25) is 17.2 Å². The van der Waals surface area contributed by atoms with Crippen LogP contribution in [-0.4, -0.2) is 31.5 Å². The van der Waals surface area contributed by atoms with Gasteiger partial charge in [-0.3, -0.25) is 0 Å². The van der Waals surface area contributed by atoms with E-state index in [0.717, 1.165) is 0 Å². The summed E-state index contributed by atoms with van der Waals surface area (Å²) in [7, 11) is 0. The fourth-order valence-electron chi connectivity index (χ4n) is 1.67. The number of phenolic OH excluding ortho intramolecular Hbond substituents is 5. The first-order chi connectivity index (χ1) is 9.93. The van der Waals surface area contributed by atoms with E-state index in [2.05, 4.69) is 0 Å². The lowest BCUT2D eigenvalue weighted by atomic mass is 10.1. The fourth-order valence-corrected chi connectivity index (χ4v) is 1.67. The van der Waals surface area contributed by atoms with Gasteiger partial charge in [0.25, 0.3) is 0 Å². The van der Waals surface area contributed by atoms with Gasteiger partial charge in [-0.25, -0.2) is 4.79 Å². The van der Waals surface area contributed by atoms with Crippen LogP contribution in [-0.2, 0) is 11.3 Å². The highest BCUT2D eigenvalue weighted by atomic mass is 16.5.